The lowest BCUT2D eigenvalue weighted by Crippen LogP contribution is -2.51. The Hall–Kier alpha value is -0.460. The van der Waals surface area contributed by atoms with Gasteiger partial charge < -0.3 is 20.5 Å². The third-order valence-corrected chi connectivity index (χ3v) is 3.09. The van der Waals surface area contributed by atoms with Gasteiger partial charge in [0, 0.05) is 6.54 Å². The number of β-amino-alcohol motifs (C(OH)–C–C–N with tert-alkyl or cyclic N) is 1. The predicted molar refractivity (Wildman–Crippen MR) is 64.5 cm³/mol. The molecule has 1 heterocycles. The van der Waals surface area contributed by atoms with E-state index in [9.17, 15) is 9.90 Å². The Morgan fingerprint density at radius 1 is 1.69 bits per heavy atom. The minimum Gasteiger partial charge on any atom is -0.449 e. The van der Waals surface area contributed by atoms with Crippen molar-refractivity contribution in [3.63, 3.8) is 0 Å². The first-order valence-corrected chi connectivity index (χ1v) is 6.00. The number of amides is 1. The number of rotatable bonds is 4. The molecule has 0 aromatic rings. The molecule has 5 nitrogen and oxygen atoms in total. The van der Waals surface area contributed by atoms with Crippen LogP contribution in [-0.4, -0.2) is 41.9 Å². The van der Waals surface area contributed by atoms with Crippen LogP contribution in [-0.2, 0) is 4.74 Å². The van der Waals surface area contributed by atoms with Gasteiger partial charge in [-0.1, -0.05) is 13.8 Å². The van der Waals surface area contributed by atoms with Crippen molar-refractivity contribution in [2.75, 3.05) is 19.7 Å². The average molecular weight is 248 g/mol. The minimum absolute atomic E-state index is 0.292. The van der Waals surface area contributed by atoms with Crippen LogP contribution < -0.4 is 10.6 Å². The summed E-state index contributed by atoms with van der Waals surface area (Å²) in [5, 5.41) is 15.0. The SMILES string of the molecule is CC(C)COC(=O)NC(S)C1(O)CCNC1. The van der Waals surface area contributed by atoms with Gasteiger partial charge in [0.2, 0.25) is 0 Å². The molecule has 0 aromatic heterocycles. The van der Waals surface area contributed by atoms with E-state index in [2.05, 4.69) is 23.3 Å². The van der Waals surface area contributed by atoms with Crippen molar-refractivity contribution in [3.05, 3.63) is 0 Å². The van der Waals surface area contributed by atoms with Gasteiger partial charge in [-0.3, -0.25) is 0 Å². The monoisotopic (exact) mass is 248 g/mol. The Morgan fingerprint density at radius 3 is 2.88 bits per heavy atom. The highest BCUT2D eigenvalue weighted by Crippen LogP contribution is 2.21. The highest BCUT2D eigenvalue weighted by molar-refractivity contribution is 7.81. The fourth-order valence-corrected chi connectivity index (χ4v) is 1.79. The predicted octanol–water partition coefficient (Wildman–Crippen LogP) is 0.349. The van der Waals surface area contributed by atoms with Crippen molar-refractivity contribution in [2.45, 2.75) is 31.2 Å². The molecule has 2 unspecified atom stereocenters. The maximum absolute atomic E-state index is 11.3. The minimum atomic E-state index is -0.986. The third kappa shape index (κ3) is 3.84. The number of thiol groups is 1. The number of hydrogen-bond donors (Lipinski definition) is 4. The van der Waals surface area contributed by atoms with Crippen molar-refractivity contribution >= 4 is 18.7 Å². The Labute approximate surface area is 101 Å². The van der Waals surface area contributed by atoms with E-state index >= 15 is 0 Å². The number of hydrogen-bond acceptors (Lipinski definition) is 5. The maximum Gasteiger partial charge on any atom is 0.408 e. The van der Waals surface area contributed by atoms with E-state index < -0.39 is 17.1 Å². The molecular formula is C10H20N2O3S. The second kappa shape index (κ2) is 5.75. The molecule has 3 N–H and O–H groups in total. The van der Waals surface area contributed by atoms with Crippen LogP contribution in [0.3, 0.4) is 0 Å². The van der Waals surface area contributed by atoms with E-state index in [0.29, 0.717) is 25.5 Å². The molecule has 1 amide bonds. The van der Waals surface area contributed by atoms with Gasteiger partial charge in [0.1, 0.15) is 11.0 Å². The van der Waals surface area contributed by atoms with Gasteiger partial charge in [0.25, 0.3) is 0 Å². The van der Waals surface area contributed by atoms with Crippen LogP contribution in [0.25, 0.3) is 0 Å². The Kier molecular flexibility index (Phi) is 4.89. The second-order valence-corrected chi connectivity index (χ2v) is 5.09. The molecule has 16 heavy (non-hydrogen) atoms. The van der Waals surface area contributed by atoms with Gasteiger partial charge >= 0.3 is 6.09 Å². The van der Waals surface area contributed by atoms with E-state index in [1.54, 1.807) is 0 Å². The van der Waals surface area contributed by atoms with Crippen LogP contribution in [0.4, 0.5) is 4.79 Å². The maximum atomic E-state index is 11.3. The number of carbonyl (C=O) groups is 1. The smallest absolute Gasteiger partial charge is 0.408 e. The summed E-state index contributed by atoms with van der Waals surface area (Å²) in [6, 6.07) is 0. The van der Waals surface area contributed by atoms with Crippen molar-refractivity contribution in [1.29, 1.82) is 0 Å². The molecule has 2 atom stereocenters. The Bertz CT molecular complexity index is 242. The van der Waals surface area contributed by atoms with E-state index in [-0.39, 0.29) is 0 Å². The summed E-state index contributed by atoms with van der Waals surface area (Å²) in [5.41, 5.74) is -0.986. The Balaban J connectivity index is 2.33. The first kappa shape index (κ1) is 13.6. The fourth-order valence-electron chi connectivity index (χ4n) is 1.46. The van der Waals surface area contributed by atoms with Crippen LogP contribution in [0.2, 0.25) is 0 Å². The number of aliphatic hydroxyl groups is 1. The topological polar surface area (TPSA) is 70.6 Å². The van der Waals surface area contributed by atoms with Crippen molar-refractivity contribution in [1.82, 2.24) is 10.6 Å². The highest BCUT2D eigenvalue weighted by Gasteiger charge is 2.38. The summed E-state index contributed by atoms with van der Waals surface area (Å²) in [4.78, 5) is 11.3. The molecule has 0 spiro atoms. The summed E-state index contributed by atoms with van der Waals surface area (Å²) in [6.07, 6.45) is 0.0417. The molecule has 0 saturated carbocycles. The second-order valence-electron chi connectivity index (χ2n) is 4.57. The average Bonchev–Trinajstić information content (AvgIpc) is 2.63. The molecule has 1 rings (SSSR count). The van der Waals surface area contributed by atoms with Gasteiger partial charge in [0.15, 0.2) is 0 Å². The molecule has 0 bridgehead atoms. The molecule has 1 fully saturated rings. The van der Waals surface area contributed by atoms with Crippen LogP contribution in [0.5, 0.6) is 0 Å². The fraction of sp³-hybridized carbons (Fsp3) is 0.900. The van der Waals surface area contributed by atoms with E-state index in [1.807, 2.05) is 13.8 Å². The number of alkyl carbamates (subject to hydrolysis) is 1. The third-order valence-electron chi connectivity index (χ3n) is 2.48. The van der Waals surface area contributed by atoms with E-state index in [4.69, 9.17) is 4.74 Å². The van der Waals surface area contributed by atoms with Crippen LogP contribution in [0, 0.1) is 5.92 Å². The molecule has 94 valence electrons. The molecule has 0 radical (unpaired) electrons. The van der Waals surface area contributed by atoms with Gasteiger partial charge in [-0.2, -0.15) is 12.6 Å². The molecule has 0 aliphatic carbocycles. The molecule has 1 aliphatic heterocycles. The zero-order valence-electron chi connectivity index (χ0n) is 9.69. The zero-order valence-corrected chi connectivity index (χ0v) is 10.6. The number of ether oxygens (including phenoxy) is 1. The van der Waals surface area contributed by atoms with E-state index in [0.717, 1.165) is 6.54 Å². The van der Waals surface area contributed by atoms with Gasteiger partial charge in [0.05, 0.1) is 6.61 Å². The highest BCUT2D eigenvalue weighted by atomic mass is 32.1. The number of carbonyl (C=O) groups excluding carboxylic acids is 1. The molecule has 1 aliphatic rings. The molecule has 1 saturated heterocycles. The first-order chi connectivity index (χ1) is 7.44. The van der Waals surface area contributed by atoms with Crippen LogP contribution in [0.1, 0.15) is 20.3 Å². The molecule has 6 heteroatoms. The van der Waals surface area contributed by atoms with Crippen LogP contribution in [0.15, 0.2) is 0 Å². The lowest BCUT2D eigenvalue weighted by atomic mass is 10.0. The summed E-state index contributed by atoms with van der Waals surface area (Å²) in [5.74, 6) is 0.292. The standard InChI is InChI=1S/C10H20N2O3S/c1-7(2)5-15-9(13)12-8(16)10(14)3-4-11-6-10/h7-8,11,14,16H,3-6H2,1-2H3,(H,12,13). The quantitative estimate of drug-likeness (QED) is 0.428. The van der Waals surface area contributed by atoms with Gasteiger partial charge in [-0.15, -0.1) is 0 Å². The van der Waals surface area contributed by atoms with Crippen molar-refractivity contribution < 1.29 is 14.6 Å². The number of nitrogens with one attached hydrogen (secondary N) is 2. The lowest BCUT2D eigenvalue weighted by molar-refractivity contribution is 0.0462. The summed E-state index contributed by atoms with van der Waals surface area (Å²) in [7, 11) is 0. The van der Waals surface area contributed by atoms with E-state index in [1.165, 1.54) is 0 Å². The van der Waals surface area contributed by atoms with Crippen molar-refractivity contribution in [2.24, 2.45) is 5.92 Å². The first-order valence-electron chi connectivity index (χ1n) is 5.48. The van der Waals surface area contributed by atoms with Gasteiger partial charge in [-0.25, -0.2) is 4.79 Å². The van der Waals surface area contributed by atoms with Crippen molar-refractivity contribution in [3.8, 4) is 0 Å². The lowest BCUT2D eigenvalue weighted by Gasteiger charge is -2.28. The largest absolute Gasteiger partial charge is 0.449 e. The summed E-state index contributed by atoms with van der Waals surface area (Å²) < 4.78 is 4.95. The van der Waals surface area contributed by atoms with Gasteiger partial charge in [-0.05, 0) is 18.9 Å². The summed E-state index contributed by atoms with van der Waals surface area (Å²) >= 11 is 4.19. The normalized spacial score (nSPS) is 26.8. The van der Waals surface area contributed by atoms with Crippen LogP contribution >= 0.6 is 12.6 Å². The molecular weight excluding hydrogens is 228 g/mol. The summed E-state index contributed by atoms with van der Waals surface area (Å²) in [6.45, 7) is 5.45. The Morgan fingerprint density at radius 2 is 2.38 bits per heavy atom. The molecule has 0 aromatic carbocycles. The zero-order chi connectivity index (χ0) is 12.2.